The molecule has 0 aromatic heterocycles. The predicted octanol–water partition coefficient (Wildman–Crippen LogP) is 19.2. The number of hydrogen-bond donors (Lipinski definition) is 6. The highest BCUT2D eigenvalue weighted by Crippen LogP contribution is 2.23. The summed E-state index contributed by atoms with van der Waals surface area (Å²) in [4.78, 5) is 13.1. The molecule has 0 aromatic rings. The second-order valence-electron chi connectivity index (χ2n) is 23.6. The van der Waals surface area contributed by atoms with Gasteiger partial charge in [0.1, 0.15) is 24.4 Å². The fourth-order valence-electron chi connectivity index (χ4n) is 10.3. The number of rotatable bonds is 59. The Hall–Kier alpha value is -3.67. The van der Waals surface area contributed by atoms with Crippen molar-refractivity contribution in [2.24, 2.45) is 0 Å². The van der Waals surface area contributed by atoms with Gasteiger partial charge < -0.3 is 40.3 Å². The van der Waals surface area contributed by atoms with Gasteiger partial charge in [0.25, 0.3) is 0 Å². The lowest BCUT2D eigenvalue weighted by molar-refractivity contribution is -0.302. The van der Waals surface area contributed by atoms with Gasteiger partial charge in [-0.3, -0.25) is 4.79 Å². The summed E-state index contributed by atoms with van der Waals surface area (Å²) in [6, 6.07) is -0.817. The molecular weight excluding hydrogens is 1050 g/mol. The number of unbranched alkanes of at least 4 members (excludes halogenated alkanes) is 29. The molecule has 9 nitrogen and oxygen atoms in total. The summed E-state index contributed by atoms with van der Waals surface area (Å²) in [5.74, 6) is -0.184. The summed E-state index contributed by atoms with van der Waals surface area (Å²) in [5.41, 5.74) is 0. The van der Waals surface area contributed by atoms with Crippen molar-refractivity contribution in [1.82, 2.24) is 5.32 Å². The molecular formula is C76H129NO8. The highest BCUT2D eigenvalue weighted by atomic mass is 16.7. The Kier molecular flexibility index (Phi) is 59.1. The maximum absolute atomic E-state index is 13.1. The van der Waals surface area contributed by atoms with Crippen molar-refractivity contribution in [3.05, 3.63) is 134 Å². The van der Waals surface area contributed by atoms with E-state index in [0.29, 0.717) is 6.42 Å². The molecule has 9 heteroatoms. The molecule has 7 unspecified atom stereocenters. The van der Waals surface area contributed by atoms with Gasteiger partial charge in [-0.15, -0.1) is 0 Å². The van der Waals surface area contributed by atoms with Crippen molar-refractivity contribution in [2.75, 3.05) is 13.2 Å². The van der Waals surface area contributed by atoms with Crippen LogP contribution in [0.5, 0.6) is 0 Å². The van der Waals surface area contributed by atoms with Crippen molar-refractivity contribution in [3.8, 4) is 0 Å². The molecule has 1 fully saturated rings. The van der Waals surface area contributed by atoms with Crippen LogP contribution in [0.2, 0.25) is 0 Å². The minimum atomic E-state index is -1.57. The van der Waals surface area contributed by atoms with Crippen molar-refractivity contribution in [3.63, 3.8) is 0 Å². The summed E-state index contributed by atoms with van der Waals surface area (Å²) in [7, 11) is 0. The average Bonchev–Trinajstić information content (AvgIpc) is 3.68. The van der Waals surface area contributed by atoms with Crippen LogP contribution in [0.3, 0.4) is 0 Å². The summed E-state index contributed by atoms with van der Waals surface area (Å²) in [5, 5.41) is 54.7. The first-order valence-electron chi connectivity index (χ1n) is 34.9. The molecule has 0 spiro atoms. The second kappa shape index (κ2) is 63.4. The number of aliphatic hydroxyl groups excluding tert-OH is 5. The molecule has 1 amide bonds. The monoisotopic (exact) mass is 1180 g/mol. The molecule has 1 aliphatic heterocycles. The number of carbonyl (C=O) groups is 1. The van der Waals surface area contributed by atoms with Crippen LogP contribution < -0.4 is 5.32 Å². The zero-order valence-corrected chi connectivity index (χ0v) is 54.3. The van der Waals surface area contributed by atoms with E-state index in [2.05, 4.69) is 141 Å². The second-order valence-corrected chi connectivity index (χ2v) is 23.6. The minimum Gasteiger partial charge on any atom is -0.394 e. The Morgan fingerprint density at radius 3 is 1.08 bits per heavy atom. The number of allylic oxidation sites excluding steroid dienone is 21. The molecule has 0 aliphatic carbocycles. The van der Waals surface area contributed by atoms with Crippen LogP contribution in [0.15, 0.2) is 134 Å². The van der Waals surface area contributed by atoms with Crippen molar-refractivity contribution >= 4 is 5.91 Å². The van der Waals surface area contributed by atoms with Gasteiger partial charge >= 0.3 is 0 Å². The summed E-state index contributed by atoms with van der Waals surface area (Å²) < 4.78 is 11.3. The third-order valence-electron chi connectivity index (χ3n) is 15.7. The Balaban J connectivity index is 2.15. The molecule has 85 heavy (non-hydrogen) atoms. The van der Waals surface area contributed by atoms with Crippen LogP contribution in [0.4, 0.5) is 0 Å². The number of amides is 1. The fraction of sp³-hybridized carbons (Fsp3) is 0.697. The lowest BCUT2D eigenvalue weighted by atomic mass is 9.99. The van der Waals surface area contributed by atoms with Gasteiger partial charge in [0.2, 0.25) is 5.91 Å². The van der Waals surface area contributed by atoms with E-state index in [4.69, 9.17) is 9.47 Å². The molecule has 0 radical (unpaired) electrons. The summed E-state index contributed by atoms with van der Waals surface area (Å²) in [6.07, 6.45) is 89.7. The maximum atomic E-state index is 13.1. The zero-order valence-electron chi connectivity index (χ0n) is 54.3. The Bertz CT molecular complexity index is 1800. The molecule has 0 bridgehead atoms. The summed E-state index contributed by atoms with van der Waals surface area (Å²) >= 11 is 0. The van der Waals surface area contributed by atoms with Crippen LogP contribution >= 0.6 is 0 Å². The fourth-order valence-corrected chi connectivity index (χ4v) is 10.3. The standard InChI is InChI=1S/C76H129NO8/c1-3-5-7-9-11-13-15-17-19-21-23-25-26-27-28-29-30-31-32-33-34-35-36-37-38-39-40-41-42-43-44-46-48-50-52-54-56-58-60-62-64-66-72(80)77-69(68-84-76-75(83)74(82)73(81)71(67-78)85-76)70(79)65-63-61-59-57-55-53-51-49-47-45-24-22-20-18-16-14-12-10-8-6-4-2/h5,7,11,13,17,19,23,25,27-28,30-31,33-34,36-37,39-40,42-43,63,65,69-71,73-76,78-79,81-83H,3-4,6,8-10,12,14-16,18,20-22,24,26,29,32,35,38,41,44-62,64,66-68H2,1-2H3,(H,77,80)/b7-5-,13-11-,19-17-,25-23-,28-27-,31-30-,34-33-,37-36-,40-39-,43-42-,65-63+. The molecule has 6 N–H and O–H groups in total. The SMILES string of the molecule is CC/C=C\C/C=C\C/C=C\C/C=C\C/C=C\C/C=C\C/C=C\C/C=C\C/C=C\C/C=C\CCCCCCCCCCCCC(=O)NC(COC1OC(CO)C(O)C(O)C1O)C(O)/C=C/CCCCCCCCCCCCCCCCCCCCC. The van der Waals surface area contributed by atoms with Crippen LogP contribution in [0, 0.1) is 0 Å². The van der Waals surface area contributed by atoms with E-state index in [1.807, 2.05) is 6.08 Å². The zero-order chi connectivity index (χ0) is 61.4. The van der Waals surface area contributed by atoms with E-state index < -0.39 is 49.5 Å². The van der Waals surface area contributed by atoms with E-state index in [1.54, 1.807) is 6.08 Å². The molecule has 1 aliphatic rings. The van der Waals surface area contributed by atoms with Crippen molar-refractivity contribution in [2.45, 2.75) is 326 Å². The van der Waals surface area contributed by atoms with Gasteiger partial charge in [0, 0.05) is 6.42 Å². The highest BCUT2D eigenvalue weighted by molar-refractivity contribution is 5.76. The predicted molar refractivity (Wildman–Crippen MR) is 363 cm³/mol. The molecule has 1 rings (SSSR count). The van der Waals surface area contributed by atoms with Gasteiger partial charge in [-0.2, -0.15) is 0 Å². The van der Waals surface area contributed by atoms with Crippen LogP contribution in [-0.4, -0.2) is 87.5 Å². The Morgan fingerprint density at radius 2 is 0.729 bits per heavy atom. The maximum Gasteiger partial charge on any atom is 0.220 e. The lowest BCUT2D eigenvalue weighted by Crippen LogP contribution is -2.60. The number of aliphatic hydroxyl groups is 5. The minimum absolute atomic E-state index is 0.184. The van der Waals surface area contributed by atoms with Crippen LogP contribution in [-0.2, 0) is 14.3 Å². The van der Waals surface area contributed by atoms with Crippen LogP contribution in [0.25, 0.3) is 0 Å². The smallest absolute Gasteiger partial charge is 0.220 e. The largest absolute Gasteiger partial charge is 0.394 e. The third kappa shape index (κ3) is 52.0. The molecule has 0 saturated carbocycles. The van der Waals surface area contributed by atoms with E-state index in [9.17, 15) is 30.3 Å². The van der Waals surface area contributed by atoms with Gasteiger partial charge in [0.15, 0.2) is 6.29 Å². The normalized spacial score (nSPS) is 19.0. The first-order chi connectivity index (χ1) is 41.8. The summed E-state index contributed by atoms with van der Waals surface area (Å²) in [6.45, 7) is 3.68. The number of carbonyl (C=O) groups excluding carboxylic acids is 1. The quantitative estimate of drug-likeness (QED) is 0.0261. The van der Waals surface area contributed by atoms with Crippen molar-refractivity contribution < 1.29 is 39.8 Å². The van der Waals surface area contributed by atoms with Gasteiger partial charge in [-0.05, 0) is 96.3 Å². The van der Waals surface area contributed by atoms with E-state index >= 15 is 0 Å². The van der Waals surface area contributed by atoms with E-state index in [0.717, 1.165) is 116 Å². The van der Waals surface area contributed by atoms with E-state index in [1.165, 1.54) is 148 Å². The third-order valence-corrected chi connectivity index (χ3v) is 15.7. The topological polar surface area (TPSA) is 149 Å². The molecule has 1 heterocycles. The molecule has 7 atom stereocenters. The number of hydrogen-bond acceptors (Lipinski definition) is 8. The van der Waals surface area contributed by atoms with Gasteiger partial charge in [-0.1, -0.05) is 314 Å². The first kappa shape index (κ1) is 79.3. The van der Waals surface area contributed by atoms with Crippen molar-refractivity contribution in [1.29, 1.82) is 0 Å². The van der Waals surface area contributed by atoms with Gasteiger partial charge in [-0.25, -0.2) is 0 Å². The molecule has 0 aromatic carbocycles. The van der Waals surface area contributed by atoms with Gasteiger partial charge in [0.05, 0.1) is 25.4 Å². The van der Waals surface area contributed by atoms with E-state index in [-0.39, 0.29) is 12.5 Å². The highest BCUT2D eigenvalue weighted by Gasteiger charge is 2.44. The lowest BCUT2D eigenvalue weighted by Gasteiger charge is -2.40. The Labute approximate surface area is 521 Å². The first-order valence-corrected chi connectivity index (χ1v) is 34.9. The molecule has 486 valence electrons. The number of ether oxygens (including phenoxy) is 2. The van der Waals surface area contributed by atoms with Crippen LogP contribution in [0.1, 0.15) is 284 Å². The number of nitrogens with one attached hydrogen (secondary N) is 1. The average molecular weight is 1180 g/mol. The Morgan fingerprint density at radius 1 is 0.412 bits per heavy atom. The molecule has 1 saturated heterocycles.